The minimum absolute atomic E-state index is 0.0242. The minimum Gasteiger partial charge on any atom is -0.453 e. The number of nitrogens with one attached hydrogen (secondary N) is 2. The van der Waals surface area contributed by atoms with Crippen molar-refractivity contribution in [1.29, 1.82) is 0 Å². The van der Waals surface area contributed by atoms with Crippen molar-refractivity contribution in [2.24, 2.45) is 0 Å². The first-order valence-electron chi connectivity index (χ1n) is 13.8. The first-order valence-corrected chi connectivity index (χ1v) is 13.8. The molecule has 0 bridgehead atoms. The van der Waals surface area contributed by atoms with Crippen LogP contribution < -0.4 is 10.6 Å². The Morgan fingerprint density at radius 3 is 2.22 bits per heavy atom. The molecule has 1 aromatic heterocycles. The van der Waals surface area contributed by atoms with E-state index in [0.717, 1.165) is 35.1 Å². The lowest BCUT2D eigenvalue weighted by Crippen LogP contribution is -2.46. The van der Waals surface area contributed by atoms with Crippen molar-refractivity contribution in [2.45, 2.75) is 43.4 Å². The van der Waals surface area contributed by atoms with Gasteiger partial charge in [-0.15, -0.1) is 0 Å². The third-order valence-corrected chi connectivity index (χ3v) is 7.46. The largest absolute Gasteiger partial charge is 0.453 e. The number of Topliss-reactive ketones (excluding diaryl/α,β-unsaturated/α-hetero) is 1. The van der Waals surface area contributed by atoms with Crippen molar-refractivity contribution >= 4 is 11.9 Å². The molecule has 1 aliphatic rings. The number of aromatic nitrogens is 2. The van der Waals surface area contributed by atoms with Crippen LogP contribution in [0.2, 0.25) is 0 Å². The lowest BCUT2D eigenvalue weighted by molar-refractivity contribution is -0.120. The molecule has 1 aliphatic heterocycles. The van der Waals surface area contributed by atoms with Crippen molar-refractivity contribution in [3.8, 4) is 0 Å². The maximum absolute atomic E-state index is 14.0. The Morgan fingerprint density at radius 2 is 1.63 bits per heavy atom. The average Bonchev–Trinajstić information content (AvgIpc) is 3.57. The Kier molecular flexibility index (Phi) is 9.51. The second-order valence-electron chi connectivity index (χ2n) is 10.1. The highest BCUT2D eigenvalue weighted by Gasteiger charge is 2.33. The molecular formula is C32H34N4O5. The fraction of sp³-hybridized carbons (Fsp3) is 0.312. The van der Waals surface area contributed by atoms with Crippen LogP contribution in [0.3, 0.4) is 0 Å². The van der Waals surface area contributed by atoms with Crippen molar-refractivity contribution in [3.05, 3.63) is 119 Å². The van der Waals surface area contributed by atoms with Gasteiger partial charge in [0.15, 0.2) is 11.6 Å². The third-order valence-electron chi connectivity index (χ3n) is 7.46. The molecule has 1 fully saturated rings. The normalized spacial score (nSPS) is 17.6. The summed E-state index contributed by atoms with van der Waals surface area (Å²) in [6.45, 7) is 1.13. The molecule has 2 N–H and O–H groups in total. The predicted molar refractivity (Wildman–Crippen MR) is 152 cm³/mol. The zero-order valence-corrected chi connectivity index (χ0v) is 22.9. The molecule has 2 heterocycles. The number of ketones is 1. The Labute approximate surface area is 239 Å². The van der Waals surface area contributed by atoms with Gasteiger partial charge in [-0.25, -0.2) is 4.79 Å². The monoisotopic (exact) mass is 554 g/mol. The number of amides is 1. The number of carbonyl (C=O) groups excluding carboxylic acids is 2. The van der Waals surface area contributed by atoms with Crippen LogP contribution >= 0.6 is 0 Å². The molecule has 1 amide bonds. The number of aryl methyl sites for hydroxylation is 1. The van der Waals surface area contributed by atoms with E-state index >= 15 is 0 Å². The third kappa shape index (κ3) is 7.25. The van der Waals surface area contributed by atoms with E-state index in [4.69, 9.17) is 14.0 Å². The zero-order valence-electron chi connectivity index (χ0n) is 22.9. The van der Waals surface area contributed by atoms with Gasteiger partial charge in [0.1, 0.15) is 6.04 Å². The van der Waals surface area contributed by atoms with Crippen LogP contribution in [0.4, 0.5) is 4.79 Å². The van der Waals surface area contributed by atoms with Gasteiger partial charge < -0.3 is 24.6 Å². The SMILES string of the molecule is COC(=O)N[C@H](C(=O)Cc1ccccc1CC[C@@H]1CN[C@H](c2ncon2)CO1)C(c1ccccc1)c1ccccc1. The summed E-state index contributed by atoms with van der Waals surface area (Å²) in [7, 11) is 1.30. The molecule has 212 valence electrons. The Hall–Kier alpha value is -4.34. The number of hydrogen-bond donors (Lipinski definition) is 2. The highest BCUT2D eigenvalue weighted by Crippen LogP contribution is 2.30. The van der Waals surface area contributed by atoms with Gasteiger partial charge in [-0.3, -0.25) is 4.79 Å². The zero-order chi connectivity index (χ0) is 28.4. The van der Waals surface area contributed by atoms with E-state index in [0.29, 0.717) is 19.0 Å². The van der Waals surface area contributed by atoms with Gasteiger partial charge in [0.05, 0.1) is 25.9 Å². The molecule has 9 heteroatoms. The van der Waals surface area contributed by atoms with E-state index < -0.39 is 12.1 Å². The smallest absolute Gasteiger partial charge is 0.407 e. The van der Waals surface area contributed by atoms with Crippen molar-refractivity contribution in [3.63, 3.8) is 0 Å². The predicted octanol–water partition coefficient (Wildman–Crippen LogP) is 4.40. The number of nitrogens with zero attached hydrogens (tertiary/aromatic N) is 2. The molecule has 0 aliphatic carbocycles. The van der Waals surface area contributed by atoms with E-state index in [1.165, 1.54) is 13.5 Å². The highest BCUT2D eigenvalue weighted by molar-refractivity contribution is 5.90. The summed E-state index contributed by atoms with van der Waals surface area (Å²) in [6, 6.07) is 26.6. The summed E-state index contributed by atoms with van der Waals surface area (Å²) < 4.78 is 15.8. The number of ether oxygens (including phenoxy) is 2. The lowest BCUT2D eigenvalue weighted by atomic mass is 9.81. The number of carbonyl (C=O) groups is 2. The Bertz CT molecular complexity index is 1350. The molecule has 4 aromatic rings. The second kappa shape index (κ2) is 13.8. The number of hydrogen-bond acceptors (Lipinski definition) is 8. The van der Waals surface area contributed by atoms with Crippen molar-refractivity contribution in [1.82, 2.24) is 20.8 Å². The average molecular weight is 555 g/mol. The first-order chi connectivity index (χ1) is 20.1. The molecular weight excluding hydrogens is 520 g/mol. The standard InChI is InChI=1S/C32H34N4O5/c1-39-32(38)35-30(29(23-11-4-2-5-12-23)24-13-6-3-7-14-24)28(37)18-25-15-9-8-10-22(25)16-17-26-19-33-27(20-40-26)31-34-21-41-36-31/h2-15,21,26-27,29-30,33H,16-20H2,1H3,(H,35,38)/t26-,27+,30-/m1/s1. The summed E-state index contributed by atoms with van der Waals surface area (Å²) in [5.41, 5.74) is 3.88. The first kappa shape index (κ1) is 28.2. The Balaban J connectivity index is 1.31. The fourth-order valence-corrected chi connectivity index (χ4v) is 5.33. The van der Waals surface area contributed by atoms with E-state index in [1.807, 2.05) is 78.9 Å². The summed E-state index contributed by atoms with van der Waals surface area (Å²) in [5.74, 6) is 0.107. The number of alkyl carbamates (subject to hydrolysis) is 1. The van der Waals surface area contributed by atoms with Crippen LogP contribution in [0.15, 0.2) is 95.8 Å². The summed E-state index contributed by atoms with van der Waals surface area (Å²) in [4.78, 5) is 30.6. The molecule has 3 aromatic carbocycles. The summed E-state index contributed by atoms with van der Waals surface area (Å²) in [5, 5.41) is 10.2. The number of methoxy groups -OCH3 is 1. The van der Waals surface area contributed by atoms with Gasteiger partial charge in [0, 0.05) is 18.9 Å². The van der Waals surface area contributed by atoms with Crippen LogP contribution in [-0.4, -0.2) is 54.4 Å². The topological polar surface area (TPSA) is 116 Å². The molecule has 0 radical (unpaired) electrons. The Morgan fingerprint density at radius 1 is 0.976 bits per heavy atom. The van der Waals surface area contributed by atoms with Crippen LogP contribution in [0.25, 0.3) is 0 Å². The molecule has 0 spiro atoms. The van der Waals surface area contributed by atoms with Crippen LogP contribution in [0, 0.1) is 0 Å². The molecule has 0 unspecified atom stereocenters. The quantitative estimate of drug-likeness (QED) is 0.280. The van der Waals surface area contributed by atoms with Gasteiger partial charge in [0.25, 0.3) is 0 Å². The molecule has 1 saturated heterocycles. The van der Waals surface area contributed by atoms with E-state index in [-0.39, 0.29) is 30.3 Å². The van der Waals surface area contributed by atoms with E-state index in [9.17, 15) is 9.59 Å². The number of rotatable bonds is 11. The van der Waals surface area contributed by atoms with E-state index in [2.05, 4.69) is 26.8 Å². The van der Waals surface area contributed by atoms with Crippen molar-refractivity contribution < 1.29 is 23.6 Å². The maximum atomic E-state index is 14.0. The molecule has 5 rings (SSSR count). The molecule has 0 saturated carbocycles. The summed E-state index contributed by atoms with van der Waals surface area (Å²) in [6.07, 6.45) is 2.40. The van der Waals surface area contributed by atoms with Crippen LogP contribution in [0.1, 0.15) is 46.5 Å². The van der Waals surface area contributed by atoms with Crippen LogP contribution in [0.5, 0.6) is 0 Å². The molecule has 3 atom stereocenters. The number of morpholine rings is 1. The fourth-order valence-electron chi connectivity index (χ4n) is 5.33. The van der Waals surface area contributed by atoms with Gasteiger partial charge in [0.2, 0.25) is 6.39 Å². The van der Waals surface area contributed by atoms with Gasteiger partial charge in [-0.1, -0.05) is 90.1 Å². The molecule has 9 nitrogen and oxygen atoms in total. The lowest BCUT2D eigenvalue weighted by Gasteiger charge is -2.29. The minimum atomic E-state index is -0.826. The second-order valence-corrected chi connectivity index (χ2v) is 10.1. The van der Waals surface area contributed by atoms with Crippen molar-refractivity contribution in [2.75, 3.05) is 20.3 Å². The van der Waals surface area contributed by atoms with Gasteiger partial charge >= 0.3 is 6.09 Å². The van der Waals surface area contributed by atoms with E-state index in [1.54, 1.807) is 0 Å². The van der Waals surface area contributed by atoms with Crippen LogP contribution in [-0.2, 0) is 27.1 Å². The number of benzene rings is 3. The maximum Gasteiger partial charge on any atom is 0.407 e. The molecule has 41 heavy (non-hydrogen) atoms. The summed E-state index contributed by atoms with van der Waals surface area (Å²) >= 11 is 0. The van der Waals surface area contributed by atoms with Gasteiger partial charge in [-0.05, 0) is 35.1 Å². The van der Waals surface area contributed by atoms with Gasteiger partial charge in [-0.2, -0.15) is 4.98 Å². The highest BCUT2D eigenvalue weighted by atomic mass is 16.5.